The quantitative estimate of drug-likeness (QED) is 0.755. The van der Waals surface area contributed by atoms with E-state index in [4.69, 9.17) is 0 Å². The zero-order valence-corrected chi connectivity index (χ0v) is 11.7. The Balaban J connectivity index is 1.98. The lowest BCUT2D eigenvalue weighted by molar-refractivity contribution is 0.535. The number of hydrogen-bond acceptors (Lipinski definition) is 3. The number of rotatable bonds is 7. The third-order valence-electron chi connectivity index (χ3n) is 1.98. The van der Waals surface area contributed by atoms with Crippen LogP contribution in [0, 0.1) is 5.92 Å². The standard InChI is InChI=1S/C11H19BrN2S/c1-9(2)6-13-3-4-14-7-10-5-11(12)15-8-10/h5,8-9,13-14H,3-4,6-7H2,1-2H3. The van der Waals surface area contributed by atoms with Gasteiger partial charge < -0.3 is 10.6 Å². The molecule has 0 fully saturated rings. The van der Waals surface area contributed by atoms with Crippen molar-refractivity contribution >= 4 is 27.3 Å². The topological polar surface area (TPSA) is 24.1 Å². The minimum Gasteiger partial charge on any atom is -0.315 e. The molecule has 0 amide bonds. The van der Waals surface area contributed by atoms with Crippen LogP contribution in [0.1, 0.15) is 19.4 Å². The average molecular weight is 291 g/mol. The van der Waals surface area contributed by atoms with Crippen molar-refractivity contribution in [2.75, 3.05) is 19.6 Å². The van der Waals surface area contributed by atoms with Gasteiger partial charge in [-0.1, -0.05) is 13.8 Å². The fourth-order valence-corrected chi connectivity index (χ4v) is 2.45. The molecule has 1 heterocycles. The van der Waals surface area contributed by atoms with Crippen molar-refractivity contribution in [2.45, 2.75) is 20.4 Å². The molecule has 0 aliphatic heterocycles. The van der Waals surface area contributed by atoms with Gasteiger partial charge in [-0.15, -0.1) is 11.3 Å². The molecule has 0 aromatic carbocycles. The second-order valence-electron chi connectivity index (χ2n) is 4.03. The first-order valence-electron chi connectivity index (χ1n) is 5.33. The van der Waals surface area contributed by atoms with Gasteiger partial charge in [-0.05, 0) is 45.4 Å². The van der Waals surface area contributed by atoms with Crippen LogP contribution in [-0.2, 0) is 6.54 Å². The predicted octanol–water partition coefficient (Wildman–Crippen LogP) is 2.85. The van der Waals surface area contributed by atoms with Gasteiger partial charge in [0.1, 0.15) is 0 Å². The van der Waals surface area contributed by atoms with Gasteiger partial charge in [-0.25, -0.2) is 0 Å². The van der Waals surface area contributed by atoms with Crippen molar-refractivity contribution in [3.63, 3.8) is 0 Å². The van der Waals surface area contributed by atoms with Gasteiger partial charge >= 0.3 is 0 Å². The third kappa shape index (κ3) is 6.30. The normalized spacial score (nSPS) is 11.2. The Morgan fingerprint density at radius 1 is 1.33 bits per heavy atom. The first kappa shape index (κ1) is 13.2. The van der Waals surface area contributed by atoms with E-state index < -0.39 is 0 Å². The van der Waals surface area contributed by atoms with Gasteiger partial charge in [0.15, 0.2) is 0 Å². The molecule has 1 aromatic rings. The zero-order chi connectivity index (χ0) is 11.1. The number of halogens is 1. The fraction of sp³-hybridized carbons (Fsp3) is 0.636. The highest BCUT2D eigenvalue weighted by molar-refractivity contribution is 9.11. The highest BCUT2D eigenvalue weighted by Gasteiger charge is 1.96. The maximum atomic E-state index is 3.46. The first-order chi connectivity index (χ1) is 7.18. The lowest BCUT2D eigenvalue weighted by atomic mass is 10.2. The largest absolute Gasteiger partial charge is 0.315 e. The van der Waals surface area contributed by atoms with Crippen LogP contribution in [0.2, 0.25) is 0 Å². The molecule has 0 atom stereocenters. The molecule has 0 saturated heterocycles. The summed E-state index contributed by atoms with van der Waals surface area (Å²) in [5, 5.41) is 9.00. The molecule has 0 saturated carbocycles. The Morgan fingerprint density at radius 3 is 2.67 bits per heavy atom. The molecule has 0 bridgehead atoms. The second kappa shape index (κ2) is 7.39. The molecule has 86 valence electrons. The number of nitrogens with one attached hydrogen (secondary N) is 2. The minimum atomic E-state index is 0.734. The van der Waals surface area contributed by atoms with Crippen molar-refractivity contribution in [3.05, 3.63) is 20.8 Å². The first-order valence-corrected chi connectivity index (χ1v) is 7.00. The Hall–Kier alpha value is 0.100. The molecule has 1 rings (SSSR count). The van der Waals surface area contributed by atoms with E-state index in [9.17, 15) is 0 Å². The zero-order valence-electron chi connectivity index (χ0n) is 9.35. The summed E-state index contributed by atoms with van der Waals surface area (Å²) < 4.78 is 1.21. The summed E-state index contributed by atoms with van der Waals surface area (Å²) in [7, 11) is 0. The molecular formula is C11H19BrN2S. The van der Waals surface area contributed by atoms with Crippen molar-refractivity contribution in [1.82, 2.24) is 10.6 Å². The van der Waals surface area contributed by atoms with Gasteiger partial charge in [0.25, 0.3) is 0 Å². The molecule has 2 N–H and O–H groups in total. The highest BCUT2D eigenvalue weighted by atomic mass is 79.9. The van der Waals surface area contributed by atoms with Crippen LogP contribution in [0.3, 0.4) is 0 Å². The van der Waals surface area contributed by atoms with Crippen molar-refractivity contribution in [1.29, 1.82) is 0 Å². The van der Waals surface area contributed by atoms with Gasteiger partial charge in [0, 0.05) is 19.6 Å². The molecule has 0 aliphatic carbocycles. The number of thiophene rings is 1. The summed E-state index contributed by atoms with van der Waals surface area (Å²) in [6, 6.07) is 2.17. The van der Waals surface area contributed by atoms with Crippen molar-refractivity contribution in [3.8, 4) is 0 Å². The maximum absolute atomic E-state index is 3.46. The third-order valence-corrected chi connectivity index (χ3v) is 3.54. The molecule has 2 nitrogen and oxygen atoms in total. The summed E-state index contributed by atoms with van der Waals surface area (Å²) >= 11 is 5.20. The second-order valence-corrected chi connectivity index (χ2v) is 6.32. The Bertz CT molecular complexity index is 273. The smallest absolute Gasteiger partial charge is 0.0701 e. The Labute approximate surface area is 105 Å². The lowest BCUT2D eigenvalue weighted by Crippen LogP contribution is -2.29. The summed E-state index contributed by atoms with van der Waals surface area (Å²) in [4.78, 5) is 0. The summed E-state index contributed by atoms with van der Waals surface area (Å²) in [6.07, 6.45) is 0. The lowest BCUT2D eigenvalue weighted by Gasteiger charge is -2.07. The van der Waals surface area contributed by atoms with Crippen LogP contribution in [0.15, 0.2) is 15.2 Å². The van der Waals surface area contributed by atoms with E-state index in [2.05, 4.69) is 51.9 Å². The van der Waals surface area contributed by atoms with E-state index in [1.165, 1.54) is 9.35 Å². The molecule has 4 heteroatoms. The van der Waals surface area contributed by atoms with Crippen LogP contribution >= 0.6 is 27.3 Å². The molecule has 15 heavy (non-hydrogen) atoms. The Kier molecular flexibility index (Phi) is 6.48. The SMILES string of the molecule is CC(C)CNCCNCc1csc(Br)c1. The average Bonchev–Trinajstić information content (AvgIpc) is 2.57. The van der Waals surface area contributed by atoms with E-state index in [0.717, 1.165) is 32.1 Å². The van der Waals surface area contributed by atoms with Crippen LogP contribution in [0.25, 0.3) is 0 Å². The summed E-state index contributed by atoms with van der Waals surface area (Å²) in [6.45, 7) is 8.59. The molecule has 0 radical (unpaired) electrons. The molecule has 0 spiro atoms. The predicted molar refractivity (Wildman–Crippen MR) is 71.4 cm³/mol. The number of hydrogen-bond donors (Lipinski definition) is 2. The Morgan fingerprint density at radius 2 is 2.07 bits per heavy atom. The van der Waals surface area contributed by atoms with E-state index in [1.807, 2.05) is 0 Å². The summed E-state index contributed by atoms with van der Waals surface area (Å²) in [5.74, 6) is 0.734. The monoisotopic (exact) mass is 290 g/mol. The van der Waals surface area contributed by atoms with E-state index >= 15 is 0 Å². The minimum absolute atomic E-state index is 0.734. The van der Waals surface area contributed by atoms with Gasteiger partial charge in [-0.3, -0.25) is 0 Å². The molecule has 0 unspecified atom stereocenters. The van der Waals surface area contributed by atoms with Gasteiger partial charge in [0.2, 0.25) is 0 Å². The molecular weight excluding hydrogens is 272 g/mol. The molecule has 0 aliphatic rings. The molecule has 1 aromatic heterocycles. The van der Waals surface area contributed by atoms with Crippen LogP contribution in [-0.4, -0.2) is 19.6 Å². The fourth-order valence-electron chi connectivity index (χ4n) is 1.24. The van der Waals surface area contributed by atoms with Crippen molar-refractivity contribution in [2.24, 2.45) is 5.92 Å². The van der Waals surface area contributed by atoms with E-state index in [1.54, 1.807) is 11.3 Å². The van der Waals surface area contributed by atoms with E-state index in [-0.39, 0.29) is 0 Å². The maximum Gasteiger partial charge on any atom is 0.0701 e. The van der Waals surface area contributed by atoms with Gasteiger partial charge in [-0.2, -0.15) is 0 Å². The van der Waals surface area contributed by atoms with Crippen molar-refractivity contribution < 1.29 is 0 Å². The van der Waals surface area contributed by atoms with Crippen LogP contribution < -0.4 is 10.6 Å². The highest BCUT2D eigenvalue weighted by Crippen LogP contribution is 2.20. The van der Waals surface area contributed by atoms with E-state index in [0.29, 0.717) is 0 Å². The summed E-state index contributed by atoms with van der Waals surface area (Å²) in [5.41, 5.74) is 1.36. The van der Waals surface area contributed by atoms with Crippen LogP contribution in [0.4, 0.5) is 0 Å². The van der Waals surface area contributed by atoms with Crippen LogP contribution in [0.5, 0.6) is 0 Å². The van der Waals surface area contributed by atoms with Gasteiger partial charge in [0.05, 0.1) is 3.79 Å².